The highest BCUT2D eigenvalue weighted by Crippen LogP contribution is 2.26. The van der Waals surface area contributed by atoms with Crippen LogP contribution in [-0.2, 0) is 0 Å². The van der Waals surface area contributed by atoms with Crippen molar-refractivity contribution >= 4 is 23.2 Å². The number of nitrogens with zero attached hydrogens (tertiary/aromatic N) is 4. The van der Waals surface area contributed by atoms with Gasteiger partial charge in [0.25, 0.3) is 5.91 Å². The maximum absolute atomic E-state index is 14.4. The molecule has 30 heavy (non-hydrogen) atoms. The molecule has 0 aliphatic rings. The summed E-state index contributed by atoms with van der Waals surface area (Å²) in [6.07, 6.45) is 0. The Bertz CT molecular complexity index is 1220. The number of hydrogen-bond acceptors (Lipinski definition) is 3. The Morgan fingerprint density at radius 2 is 1.73 bits per heavy atom. The smallest absolute Gasteiger partial charge is 0.272 e. The quantitative estimate of drug-likeness (QED) is 0.436. The average Bonchev–Trinajstić information content (AvgIpc) is 3.19. The van der Waals surface area contributed by atoms with Gasteiger partial charge in [0, 0.05) is 35.3 Å². The van der Waals surface area contributed by atoms with Crippen LogP contribution in [0.4, 0.5) is 4.39 Å². The predicted molar refractivity (Wildman–Crippen MR) is 116 cm³/mol. The van der Waals surface area contributed by atoms with Crippen molar-refractivity contribution in [3.05, 3.63) is 77.2 Å². The molecule has 1 amide bonds. The minimum absolute atomic E-state index is 0.184. The van der Waals surface area contributed by atoms with Gasteiger partial charge in [0.1, 0.15) is 11.5 Å². The Balaban J connectivity index is 1.94. The third-order valence-corrected chi connectivity index (χ3v) is 5.24. The minimum atomic E-state index is -0.395. The van der Waals surface area contributed by atoms with Gasteiger partial charge < -0.3 is 4.90 Å². The van der Waals surface area contributed by atoms with Gasteiger partial charge in [-0.2, -0.15) is 5.10 Å². The number of halogens is 2. The van der Waals surface area contributed by atoms with E-state index in [2.05, 4.69) is 10.1 Å². The van der Waals surface area contributed by atoms with Crippen molar-refractivity contribution < 1.29 is 9.18 Å². The Kier molecular flexibility index (Phi) is 5.50. The molecule has 0 fully saturated rings. The van der Waals surface area contributed by atoms with Gasteiger partial charge in [-0.25, -0.2) is 13.9 Å². The highest BCUT2D eigenvalue weighted by molar-refractivity contribution is 6.30. The van der Waals surface area contributed by atoms with Crippen LogP contribution in [0.5, 0.6) is 0 Å². The lowest BCUT2D eigenvalue weighted by molar-refractivity contribution is 0.0764. The fourth-order valence-electron chi connectivity index (χ4n) is 3.37. The van der Waals surface area contributed by atoms with Gasteiger partial charge in [-0.3, -0.25) is 4.79 Å². The molecule has 5 nitrogen and oxygen atoms in total. The zero-order valence-corrected chi connectivity index (χ0v) is 17.4. The summed E-state index contributed by atoms with van der Waals surface area (Å²) in [5.41, 5.74) is 3.02. The van der Waals surface area contributed by atoms with E-state index in [0.29, 0.717) is 46.4 Å². The lowest BCUT2D eigenvalue weighted by Gasteiger charge is -2.19. The van der Waals surface area contributed by atoms with Crippen molar-refractivity contribution in [1.82, 2.24) is 19.5 Å². The number of fused-ring (bicyclic) bond motifs is 1. The Labute approximate surface area is 178 Å². The van der Waals surface area contributed by atoms with Crippen molar-refractivity contribution in [2.24, 2.45) is 0 Å². The molecule has 2 heterocycles. The standard InChI is InChI=1S/C23H20ClFN4O/c1-3-28(4-2)23(30)21-13-20(17-7-5-6-8-18(17)25)26-22-14-19(27-29(21)22)15-9-11-16(24)12-10-15/h5-14H,3-4H2,1-2H3. The van der Waals surface area contributed by atoms with Crippen molar-refractivity contribution in [3.8, 4) is 22.5 Å². The maximum atomic E-state index is 14.4. The molecule has 0 aliphatic carbocycles. The van der Waals surface area contributed by atoms with Crippen LogP contribution < -0.4 is 0 Å². The van der Waals surface area contributed by atoms with E-state index in [4.69, 9.17) is 11.6 Å². The summed E-state index contributed by atoms with van der Waals surface area (Å²) in [4.78, 5) is 19.5. The molecule has 0 N–H and O–H groups in total. The van der Waals surface area contributed by atoms with Crippen LogP contribution in [-0.4, -0.2) is 38.5 Å². The first-order valence-electron chi connectivity index (χ1n) is 9.72. The number of amides is 1. The number of carbonyl (C=O) groups is 1. The summed E-state index contributed by atoms with van der Waals surface area (Å²) in [6, 6.07) is 17.0. The highest BCUT2D eigenvalue weighted by atomic mass is 35.5. The van der Waals surface area contributed by atoms with Gasteiger partial charge >= 0.3 is 0 Å². The second-order valence-corrected chi connectivity index (χ2v) is 7.23. The second kappa shape index (κ2) is 8.24. The molecule has 4 rings (SSSR count). The minimum Gasteiger partial charge on any atom is -0.338 e. The van der Waals surface area contributed by atoms with Crippen LogP contribution in [0.2, 0.25) is 5.02 Å². The molecule has 0 unspecified atom stereocenters. The molecule has 0 saturated carbocycles. The average molecular weight is 423 g/mol. The topological polar surface area (TPSA) is 50.5 Å². The SMILES string of the molecule is CCN(CC)C(=O)c1cc(-c2ccccc2F)nc2cc(-c3ccc(Cl)cc3)nn12. The molecule has 152 valence electrons. The molecule has 2 aromatic heterocycles. The van der Waals surface area contributed by atoms with Crippen LogP contribution in [0.25, 0.3) is 28.2 Å². The number of benzene rings is 2. The Morgan fingerprint density at radius 1 is 1.03 bits per heavy atom. The summed E-state index contributed by atoms with van der Waals surface area (Å²) in [5, 5.41) is 5.24. The molecule has 0 spiro atoms. The van der Waals surface area contributed by atoms with Gasteiger partial charge in [0.2, 0.25) is 0 Å². The molecule has 7 heteroatoms. The number of carbonyl (C=O) groups excluding carboxylic acids is 1. The molecule has 0 atom stereocenters. The number of aromatic nitrogens is 3. The van der Waals surface area contributed by atoms with Gasteiger partial charge in [0.05, 0.1) is 11.4 Å². The van der Waals surface area contributed by atoms with Crippen LogP contribution in [0.3, 0.4) is 0 Å². The van der Waals surface area contributed by atoms with Gasteiger partial charge in [-0.05, 0) is 44.2 Å². The van der Waals surface area contributed by atoms with Crippen LogP contribution >= 0.6 is 11.6 Å². The first-order valence-corrected chi connectivity index (χ1v) is 10.1. The van der Waals surface area contributed by atoms with Crippen molar-refractivity contribution in [2.75, 3.05) is 13.1 Å². The van der Waals surface area contributed by atoms with Gasteiger partial charge in [0.15, 0.2) is 5.65 Å². The number of rotatable bonds is 5. The summed E-state index contributed by atoms with van der Waals surface area (Å²) in [7, 11) is 0. The molecule has 4 aromatic rings. The number of hydrogen-bond donors (Lipinski definition) is 0. The largest absolute Gasteiger partial charge is 0.338 e. The third-order valence-electron chi connectivity index (χ3n) is 4.99. The molecule has 0 radical (unpaired) electrons. The first-order chi connectivity index (χ1) is 14.5. The second-order valence-electron chi connectivity index (χ2n) is 6.79. The first kappa shape index (κ1) is 20.0. The molecule has 0 saturated heterocycles. The van der Waals surface area contributed by atoms with E-state index in [1.54, 1.807) is 47.4 Å². The Morgan fingerprint density at radius 3 is 2.40 bits per heavy atom. The van der Waals surface area contributed by atoms with E-state index in [-0.39, 0.29) is 5.91 Å². The van der Waals surface area contributed by atoms with Crippen molar-refractivity contribution in [1.29, 1.82) is 0 Å². The summed E-state index contributed by atoms with van der Waals surface area (Å²) in [5.74, 6) is -0.580. The van der Waals surface area contributed by atoms with E-state index in [1.807, 2.05) is 26.0 Å². The highest BCUT2D eigenvalue weighted by Gasteiger charge is 2.21. The monoisotopic (exact) mass is 422 g/mol. The van der Waals surface area contributed by atoms with E-state index in [9.17, 15) is 9.18 Å². The third kappa shape index (κ3) is 3.66. The van der Waals surface area contributed by atoms with Gasteiger partial charge in [-0.15, -0.1) is 0 Å². The molecule has 0 bridgehead atoms. The summed E-state index contributed by atoms with van der Waals surface area (Å²) < 4.78 is 16.0. The van der Waals surface area contributed by atoms with E-state index >= 15 is 0 Å². The summed E-state index contributed by atoms with van der Waals surface area (Å²) in [6.45, 7) is 4.94. The van der Waals surface area contributed by atoms with E-state index in [1.165, 1.54) is 10.6 Å². The molecule has 0 aliphatic heterocycles. The van der Waals surface area contributed by atoms with Crippen molar-refractivity contribution in [3.63, 3.8) is 0 Å². The van der Waals surface area contributed by atoms with Crippen LogP contribution in [0.15, 0.2) is 60.7 Å². The van der Waals surface area contributed by atoms with Crippen LogP contribution in [0, 0.1) is 5.82 Å². The van der Waals surface area contributed by atoms with Crippen LogP contribution in [0.1, 0.15) is 24.3 Å². The molecular formula is C23H20ClFN4O. The lowest BCUT2D eigenvalue weighted by atomic mass is 10.1. The molecular weight excluding hydrogens is 403 g/mol. The zero-order chi connectivity index (χ0) is 21.3. The predicted octanol–water partition coefficient (Wildman–Crippen LogP) is 5.34. The van der Waals surface area contributed by atoms with Crippen molar-refractivity contribution in [2.45, 2.75) is 13.8 Å². The van der Waals surface area contributed by atoms with E-state index < -0.39 is 5.82 Å². The fraction of sp³-hybridized carbons (Fsp3) is 0.174. The fourth-order valence-corrected chi connectivity index (χ4v) is 3.49. The van der Waals surface area contributed by atoms with E-state index in [0.717, 1.165) is 5.56 Å². The zero-order valence-electron chi connectivity index (χ0n) is 16.6. The summed E-state index contributed by atoms with van der Waals surface area (Å²) >= 11 is 5.99. The molecule has 2 aromatic carbocycles. The lowest BCUT2D eigenvalue weighted by Crippen LogP contribution is -2.32. The normalized spacial score (nSPS) is 11.1. The van der Waals surface area contributed by atoms with Gasteiger partial charge in [-0.1, -0.05) is 35.9 Å². The Hall–Kier alpha value is -3.25. The maximum Gasteiger partial charge on any atom is 0.272 e.